The maximum Gasteiger partial charge on any atom is 0.275 e. The summed E-state index contributed by atoms with van der Waals surface area (Å²) in [4.78, 5) is 25.0. The second kappa shape index (κ2) is 7.07. The monoisotopic (exact) mass is 375 g/mol. The Morgan fingerprint density at radius 2 is 1.79 bits per heavy atom. The molecule has 4 rings (SSSR count). The molecular formula is C20H17N5O3. The van der Waals surface area contributed by atoms with Gasteiger partial charge in [-0.1, -0.05) is 35.9 Å². The van der Waals surface area contributed by atoms with Crippen molar-refractivity contribution in [1.82, 2.24) is 25.3 Å². The fourth-order valence-corrected chi connectivity index (χ4v) is 2.89. The Morgan fingerprint density at radius 1 is 1.07 bits per heavy atom. The van der Waals surface area contributed by atoms with Crippen molar-refractivity contribution >= 4 is 16.7 Å². The molecule has 0 radical (unpaired) electrons. The molecule has 0 aliphatic carbocycles. The van der Waals surface area contributed by atoms with E-state index in [2.05, 4.69) is 20.6 Å². The van der Waals surface area contributed by atoms with Crippen LogP contribution < -0.4 is 10.9 Å². The highest BCUT2D eigenvalue weighted by molar-refractivity contribution is 6.04. The number of benzene rings is 2. The minimum atomic E-state index is -0.379. The number of carbonyl (C=O) groups excluding carboxylic acids is 1. The van der Waals surface area contributed by atoms with Crippen LogP contribution in [0, 0.1) is 6.92 Å². The SMILES string of the molecule is CNC(=O)c1nn(Cc2nnc(-c3ccc(C)cc3)o2)c(=O)c2ccccc12. The molecule has 8 heteroatoms. The van der Waals surface area contributed by atoms with Crippen LogP contribution in [0.15, 0.2) is 57.7 Å². The van der Waals surface area contributed by atoms with Crippen LogP contribution in [0.2, 0.25) is 0 Å². The molecule has 140 valence electrons. The Labute approximate surface area is 159 Å². The first-order chi connectivity index (χ1) is 13.6. The van der Waals surface area contributed by atoms with Crippen LogP contribution in [-0.2, 0) is 6.54 Å². The van der Waals surface area contributed by atoms with Crippen molar-refractivity contribution in [3.05, 3.63) is 76.0 Å². The van der Waals surface area contributed by atoms with E-state index in [9.17, 15) is 9.59 Å². The Morgan fingerprint density at radius 3 is 2.50 bits per heavy atom. The second-order valence-corrected chi connectivity index (χ2v) is 6.30. The predicted molar refractivity (Wildman–Crippen MR) is 103 cm³/mol. The van der Waals surface area contributed by atoms with Gasteiger partial charge in [0.1, 0.15) is 6.54 Å². The molecule has 1 N–H and O–H groups in total. The highest BCUT2D eigenvalue weighted by Gasteiger charge is 2.17. The van der Waals surface area contributed by atoms with Crippen LogP contribution in [0.1, 0.15) is 21.9 Å². The Kier molecular flexibility index (Phi) is 4.44. The van der Waals surface area contributed by atoms with E-state index in [1.165, 1.54) is 11.7 Å². The van der Waals surface area contributed by atoms with E-state index in [4.69, 9.17) is 4.42 Å². The molecular weight excluding hydrogens is 358 g/mol. The summed E-state index contributed by atoms with van der Waals surface area (Å²) >= 11 is 0. The number of hydrogen-bond acceptors (Lipinski definition) is 6. The van der Waals surface area contributed by atoms with Gasteiger partial charge in [-0.15, -0.1) is 10.2 Å². The largest absolute Gasteiger partial charge is 0.419 e. The molecule has 8 nitrogen and oxygen atoms in total. The van der Waals surface area contributed by atoms with Crippen LogP contribution in [0.3, 0.4) is 0 Å². The lowest BCUT2D eigenvalue weighted by molar-refractivity contribution is 0.0957. The molecule has 0 aliphatic heterocycles. The number of rotatable bonds is 4. The van der Waals surface area contributed by atoms with Crippen LogP contribution in [-0.4, -0.2) is 32.9 Å². The lowest BCUT2D eigenvalue weighted by Crippen LogP contribution is -2.29. The zero-order valence-corrected chi connectivity index (χ0v) is 15.3. The van der Waals surface area contributed by atoms with E-state index in [0.717, 1.165) is 11.1 Å². The van der Waals surface area contributed by atoms with Gasteiger partial charge in [0.2, 0.25) is 11.8 Å². The number of carbonyl (C=O) groups is 1. The number of aromatic nitrogens is 4. The van der Waals surface area contributed by atoms with Crippen molar-refractivity contribution in [1.29, 1.82) is 0 Å². The third-order valence-electron chi connectivity index (χ3n) is 4.36. The zero-order chi connectivity index (χ0) is 19.7. The topological polar surface area (TPSA) is 103 Å². The van der Waals surface area contributed by atoms with E-state index < -0.39 is 0 Å². The molecule has 28 heavy (non-hydrogen) atoms. The van der Waals surface area contributed by atoms with Gasteiger partial charge in [0.25, 0.3) is 11.5 Å². The number of fused-ring (bicyclic) bond motifs is 1. The molecule has 2 heterocycles. The second-order valence-electron chi connectivity index (χ2n) is 6.30. The molecule has 0 aliphatic rings. The summed E-state index contributed by atoms with van der Waals surface area (Å²) in [5, 5.41) is 15.7. The number of amides is 1. The fraction of sp³-hybridized carbons (Fsp3) is 0.150. The summed E-state index contributed by atoms with van der Waals surface area (Å²) in [5.74, 6) is 0.203. The Hall–Kier alpha value is -3.81. The quantitative estimate of drug-likeness (QED) is 0.586. The van der Waals surface area contributed by atoms with E-state index in [1.54, 1.807) is 24.3 Å². The minimum Gasteiger partial charge on any atom is -0.419 e. The summed E-state index contributed by atoms with van der Waals surface area (Å²) in [5.41, 5.74) is 1.74. The van der Waals surface area contributed by atoms with Crippen molar-refractivity contribution in [2.45, 2.75) is 13.5 Å². The summed E-state index contributed by atoms with van der Waals surface area (Å²) < 4.78 is 6.85. The summed E-state index contributed by atoms with van der Waals surface area (Å²) in [6.45, 7) is 1.96. The number of nitrogens with zero attached hydrogens (tertiary/aromatic N) is 4. The van der Waals surface area contributed by atoms with Gasteiger partial charge >= 0.3 is 0 Å². The molecule has 0 saturated heterocycles. The van der Waals surface area contributed by atoms with Gasteiger partial charge < -0.3 is 9.73 Å². The first-order valence-electron chi connectivity index (χ1n) is 8.68. The lowest BCUT2D eigenvalue weighted by atomic mass is 10.1. The molecule has 1 amide bonds. The number of nitrogens with one attached hydrogen (secondary N) is 1. The molecule has 0 spiro atoms. The minimum absolute atomic E-state index is 0.0352. The van der Waals surface area contributed by atoms with E-state index >= 15 is 0 Å². The molecule has 0 atom stereocenters. The van der Waals surface area contributed by atoms with Crippen LogP contribution >= 0.6 is 0 Å². The molecule has 0 fully saturated rings. The van der Waals surface area contributed by atoms with E-state index in [-0.39, 0.29) is 29.6 Å². The highest BCUT2D eigenvalue weighted by atomic mass is 16.4. The average molecular weight is 375 g/mol. The molecule has 0 bridgehead atoms. The molecule has 2 aromatic carbocycles. The Balaban J connectivity index is 1.74. The molecule has 0 unspecified atom stereocenters. The van der Waals surface area contributed by atoms with Gasteiger partial charge in [-0.25, -0.2) is 4.68 Å². The van der Waals surface area contributed by atoms with Gasteiger partial charge in [0, 0.05) is 18.0 Å². The normalized spacial score (nSPS) is 10.9. The fourth-order valence-electron chi connectivity index (χ4n) is 2.89. The average Bonchev–Trinajstić information content (AvgIpc) is 3.18. The standard InChI is InChI=1S/C20H17N5O3/c1-12-7-9-13(10-8-12)19-23-22-16(28-19)11-25-20(27)15-6-4-3-5-14(15)17(24-25)18(26)21-2/h3-10H,11H2,1-2H3,(H,21,26). The zero-order valence-electron chi connectivity index (χ0n) is 15.3. The molecule has 4 aromatic rings. The molecule has 0 saturated carbocycles. The van der Waals surface area contributed by atoms with Crippen molar-refractivity contribution < 1.29 is 9.21 Å². The van der Waals surface area contributed by atoms with Crippen LogP contribution in [0.5, 0.6) is 0 Å². The lowest BCUT2D eigenvalue weighted by Gasteiger charge is -2.08. The maximum absolute atomic E-state index is 12.8. The summed E-state index contributed by atoms with van der Waals surface area (Å²) in [7, 11) is 1.51. The van der Waals surface area contributed by atoms with Gasteiger partial charge in [-0.2, -0.15) is 5.10 Å². The first kappa shape index (κ1) is 17.6. The van der Waals surface area contributed by atoms with Crippen molar-refractivity contribution in [3.63, 3.8) is 0 Å². The van der Waals surface area contributed by atoms with Gasteiger partial charge in [0.15, 0.2) is 5.69 Å². The summed E-state index contributed by atoms with van der Waals surface area (Å²) in [6, 6.07) is 14.5. The van der Waals surface area contributed by atoms with Crippen molar-refractivity contribution in [2.75, 3.05) is 7.05 Å². The van der Waals surface area contributed by atoms with Gasteiger partial charge in [-0.05, 0) is 25.1 Å². The van der Waals surface area contributed by atoms with Gasteiger partial charge in [0.05, 0.1) is 5.39 Å². The van der Waals surface area contributed by atoms with Crippen LogP contribution in [0.25, 0.3) is 22.2 Å². The highest BCUT2D eigenvalue weighted by Crippen LogP contribution is 2.19. The third-order valence-corrected chi connectivity index (χ3v) is 4.36. The smallest absolute Gasteiger partial charge is 0.275 e. The van der Waals surface area contributed by atoms with Crippen molar-refractivity contribution in [2.24, 2.45) is 0 Å². The van der Waals surface area contributed by atoms with E-state index in [1.807, 2.05) is 31.2 Å². The van der Waals surface area contributed by atoms with Crippen molar-refractivity contribution in [3.8, 4) is 11.5 Å². The van der Waals surface area contributed by atoms with Gasteiger partial charge in [-0.3, -0.25) is 9.59 Å². The Bertz CT molecular complexity index is 1220. The third kappa shape index (κ3) is 3.16. The van der Waals surface area contributed by atoms with E-state index in [0.29, 0.717) is 16.7 Å². The first-order valence-corrected chi connectivity index (χ1v) is 8.68. The molecule has 2 aromatic heterocycles. The number of aryl methyl sites for hydroxylation is 1. The van der Waals surface area contributed by atoms with Crippen LogP contribution in [0.4, 0.5) is 0 Å². The predicted octanol–water partition coefficient (Wildman–Crippen LogP) is 2.16. The maximum atomic E-state index is 12.8. The number of hydrogen-bond donors (Lipinski definition) is 1. The summed E-state index contributed by atoms with van der Waals surface area (Å²) in [6.07, 6.45) is 0.